The maximum Gasteiger partial charge on any atom is 0.405 e. The second kappa shape index (κ2) is 7.61. The summed E-state index contributed by atoms with van der Waals surface area (Å²) in [6.45, 7) is 7.77. The van der Waals surface area contributed by atoms with Crippen LogP contribution in [0.15, 0.2) is 0 Å². The Balaban J connectivity index is 2.26. The third kappa shape index (κ3) is 7.42. The molecule has 0 aromatic rings. The SMILES string of the molecule is CC(C)(C)[C@H](O)CN1CCN(CC(=O)NCC(F)(F)F)CC1. The first-order chi connectivity index (χ1) is 9.97. The van der Waals surface area contributed by atoms with Gasteiger partial charge >= 0.3 is 6.18 Å². The lowest BCUT2D eigenvalue weighted by Crippen LogP contribution is -2.52. The van der Waals surface area contributed by atoms with E-state index >= 15 is 0 Å². The van der Waals surface area contributed by atoms with Crippen LogP contribution in [0.1, 0.15) is 20.8 Å². The van der Waals surface area contributed by atoms with Gasteiger partial charge in [0.25, 0.3) is 0 Å². The molecule has 1 fully saturated rings. The Kier molecular flexibility index (Phi) is 6.64. The predicted octanol–water partition coefficient (Wildman–Crippen LogP) is 0.689. The van der Waals surface area contributed by atoms with E-state index in [0.29, 0.717) is 32.7 Å². The Morgan fingerprint density at radius 3 is 2.09 bits per heavy atom. The highest BCUT2D eigenvalue weighted by Crippen LogP contribution is 2.20. The molecule has 1 saturated heterocycles. The number of alkyl halides is 3. The molecule has 1 aliphatic rings. The van der Waals surface area contributed by atoms with Gasteiger partial charge < -0.3 is 10.4 Å². The van der Waals surface area contributed by atoms with Gasteiger partial charge in [0.15, 0.2) is 0 Å². The molecule has 130 valence electrons. The molecule has 1 heterocycles. The third-order valence-electron chi connectivity index (χ3n) is 3.75. The number of aliphatic hydroxyl groups excluding tert-OH is 1. The molecule has 0 radical (unpaired) electrons. The number of β-amino-alcohol motifs (C(OH)–C–C–N with tert-alkyl or cyclic N) is 1. The van der Waals surface area contributed by atoms with E-state index in [9.17, 15) is 23.1 Å². The number of rotatable bonds is 5. The molecular weight excluding hydrogens is 299 g/mol. The Bertz CT molecular complexity index is 361. The van der Waals surface area contributed by atoms with Gasteiger partial charge in [0.2, 0.25) is 5.91 Å². The van der Waals surface area contributed by atoms with E-state index in [1.165, 1.54) is 0 Å². The number of carbonyl (C=O) groups is 1. The van der Waals surface area contributed by atoms with Crippen LogP contribution in [0, 0.1) is 5.41 Å². The van der Waals surface area contributed by atoms with E-state index in [0.717, 1.165) is 0 Å². The van der Waals surface area contributed by atoms with Gasteiger partial charge in [-0.3, -0.25) is 14.6 Å². The summed E-state index contributed by atoms with van der Waals surface area (Å²) in [6, 6.07) is 0. The van der Waals surface area contributed by atoms with Crippen molar-refractivity contribution in [1.82, 2.24) is 15.1 Å². The molecule has 0 unspecified atom stereocenters. The summed E-state index contributed by atoms with van der Waals surface area (Å²) in [5.74, 6) is -0.611. The van der Waals surface area contributed by atoms with E-state index in [-0.39, 0.29) is 12.0 Å². The average Bonchev–Trinajstić information content (AvgIpc) is 2.37. The molecule has 0 aliphatic carbocycles. The number of piperazine rings is 1. The summed E-state index contributed by atoms with van der Waals surface area (Å²) in [6.07, 6.45) is -4.81. The molecule has 0 aromatic carbocycles. The van der Waals surface area contributed by atoms with Crippen molar-refractivity contribution in [2.24, 2.45) is 5.41 Å². The maximum atomic E-state index is 12.0. The molecule has 1 aliphatic heterocycles. The molecule has 8 heteroatoms. The van der Waals surface area contributed by atoms with Crippen molar-refractivity contribution in [1.29, 1.82) is 0 Å². The van der Waals surface area contributed by atoms with Crippen molar-refractivity contribution in [3.63, 3.8) is 0 Å². The summed E-state index contributed by atoms with van der Waals surface area (Å²) >= 11 is 0. The van der Waals surface area contributed by atoms with Gasteiger partial charge in [-0.2, -0.15) is 13.2 Å². The van der Waals surface area contributed by atoms with Gasteiger partial charge in [0, 0.05) is 32.7 Å². The summed E-state index contributed by atoms with van der Waals surface area (Å²) in [5.41, 5.74) is -0.186. The highest BCUT2D eigenvalue weighted by Gasteiger charge is 2.29. The van der Waals surface area contributed by atoms with E-state index in [1.807, 2.05) is 31.0 Å². The molecule has 0 aromatic heterocycles. The number of hydrogen-bond donors (Lipinski definition) is 2. The van der Waals surface area contributed by atoms with Gasteiger partial charge in [0.05, 0.1) is 12.6 Å². The first-order valence-electron chi connectivity index (χ1n) is 7.43. The number of carbonyl (C=O) groups excluding carboxylic acids is 1. The van der Waals surface area contributed by atoms with Crippen molar-refractivity contribution >= 4 is 5.91 Å². The molecule has 1 amide bonds. The normalized spacial score (nSPS) is 20.0. The van der Waals surface area contributed by atoms with Crippen LogP contribution in [0.25, 0.3) is 0 Å². The first-order valence-corrected chi connectivity index (χ1v) is 7.43. The van der Waals surface area contributed by atoms with Gasteiger partial charge in [-0.05, 0) is 5.41 Å². The zero-order valence-electron chi connectivity index (χ0n) is 13.4. The quantitative estimate of drug-likeness (QED) is 0.781. The van der Waals surface area contributed by atoms with E-state index in [2.05, 4.69) is 4.90 Å². The van der Waals surface area contributed by atoms with E-state index < -0.39 is 24.7 Å². The minimum atomic E-state index is -4.38. The highest BCUT2D eigenvalue weighted by atomic mass is 19.4. The van der Waals surface area contributed by atoms with Crippen molar-refractivity contribution in [2.75, 3.05) is 45.8 Å². The fourth-order valence-electron chi connectivity index (χ4n) is 2.11. The molecular formula is C14H26F3N3O2. The zero-order chi connectivity index (χ0) is 17.0. The molecule has 0 saturated carbocycles. The lowest BCUT2D eigenvalue weighted by atomic mass is 9.89. The highest BCUT2D eigenvalue weighted by molar-refractivity contribution is 5.78. The third-order valence-corrected chi connectivity index (χ3v) is 3.75. The first kappa shape index (κ1) is 19.2. The fourth-order valence-corrected chi connectivity index (χ4v) is 2.11. The van der Waals surface area contributed by atoms with Crippen molar-refractivity contribution in [3.05, 3.63) is 0 Å². The van der Waals surface area contributed by atoms with Crippen LogP contribution in [0.4, 0.5) is 13.2 Å². The van der Waals surface area contributed by atoms with Crippen LogP contribution in [0.3, 0.4) is 0 Å². The Morgan fingerprint density at radius 1 is 1.14 bits per heavy atom. The van der Waals surface area contributed by atoms with Crippen LogP contribution in [-0.4, -0.2) is 78.9 Å². The van der Waals surface area contributed by atoms with Crippen LogP contribution in [0.5, 0.6) is 0 Å². The van der Waals surface area contributed by atoms with E-state index in [4.69, 9.17) is 0 Å². The molecule has 5 nitrogen and oxygen atoms in total. The predicted molar refractivity (Wildman–Crippen MR) is 77.4 cm³/mol. The average molecular weight is 325 g/mol. The molecule has 22 heavy (non-hydrogen) atoms. The smallest absolute Gasteiger partial charge is 0.391 e. The van der Waals surface area contributed by atoms with Crippen LogP contribution in [-0.2, 0) is 4.79 Å². The molecule has 0 spiro atoms. The lowest BCUT2D eigenvalue weighted by Gasteiger charge is -2.37. The topological polar surface area (TPSA) is 55.8 Å². The summed E-state index contributed by atoms with van der Waals surface area (Å²) < 4.78 is 36.0. The second-order valence-corrected chi connectivity index (χ2v) is 6.85. The number of nitrogens with one attached hydrogen (secondary N) is 1. The van der Waals surface area contributed by atoms with Crippen molar-refractivity contribution in [2.45, 2.75) is 33.1 Å². The molecule has 0 bridgehead atoms. The Hall–Kier alpha value is -0.860. The number of halogens is 3. The molecule has 1 atom stereocenters. The van der Waals surface area contributed by atoms with Crippen molar-refractivity contribution < 1.29 is 23.1 Å². The molecule has 2 N–H and O–H groups in total. The van der Waals surface area contributed by atoms with Gasteiger partial charge in [0.1, 0.15) is 6.54 Å². The largest absolute Gasteiger partial charge is 0.405 e. The summed E-state index contributed by atoms with van der Waals surface area (Å²) in [7, 11) is 0. The lowest BCUT2D eigenvalue weighted by molar-refractivity contribution is -0.139. The summed E-state index contributed by atoms with van der Waals surface area (Å²) in [4.78, 5) is 15.4. The van der Waals surface area contributed by atoms with Crippen LogP contribution >= 0.6 is 0 Å². The van der Waals surface area contributed by atoms with E-state index in [1.54, 1.807) is 0 Å². The number of hydrogen-bond acceptors (Lipinski definition) is 4. The Labute approximate surface area is 129 Å². The number of nitrogens with zero attached hydrogens (tertiary/aromatic N) is 2. The number of aliphatic hydroxyl groups is 1. The summed E-state index contributed by atoms with van der Waals surface area (Å²) in [5, 5.41) is 11.9. The number of amides is 1. The maximum absolute atomic E-state index is 12.0. The van der Waals surface area contributed by atoms with Gasteiger partial charge in [-0.15, -0.1) is 0 Å². The Morgan fingerprint density at radius 2 is 1.64 bits per heavy atom. The zero-order valence-corrected chi connectivity index (χ0v) is 13.4. The minimum Gasteiger partial charge on any atom is -0.391 e. The van der Waals surface area contributed by atoms with Crippen LogP contribution < -0.4 is 5.32 Å². The molecule has 1 rings (SSSR count). The van der Waals surface area contributed by atoms with Crippen LogP contribution in [0.2, 0.25) is 0 Å². The van der Waals surface area contributed by atoms with Crippen molar-refractivity contribution in [3.8, 4) is 0 Å². The standard InChI is InChI=1S/C14H26F3N3O2/c1-13(2,3)11(21)8-19-4-6-20(7-5-19)9-12(22)18-10-14(15,16)17/h11,21H,4-10H2,1-3H3,(H,18,22)/t11-/m1/s1. The monoisotopic (exact) mass is 325 g/mol. The second-order valence-electron chi connectivity index (χ2n) is 6.85. The fraction of sp³-hybridized carbons (Fsp3) is 0.929. The minimum absolute atomic E-state index is 0.0221. The van der Waals surface area contributed by atoms with Gasteiger partial charge in [-0.1, -0.05) is 20.8 Å². The van der Waals surface area contributed by atoms with Gasteiger partial charge in [-0.25, -0.2) is 0 Å².